The number of carbonyl (C=O) groups excluding carboxylic acids is 4. The van der Waals surface area contributed by atoms with E-state index in [9.17, 15) is 32.3 Å². The second kappa shape index (κ2) is 12.1. The van der Waals surface area contributed by atoms with Crippen molar-refractivity contribution < 1.29 is 41.8 Å². The number of fused-ring (bicyclic) bond motifs is 6. The van der Waals surface area contributed by atoms with Gasteiger partial charge in [0.25, 0.3) is 5.91 Å². The topological polar surface area (TPSA) is 121 Å². The van der Waals surface area contributed by atoms with Crippen LogP contribution in [0.3, 0.4) is 0 Å². The van der Waals surface area contributed by atoms with Crippen molar-refractivity contribution >= 4 is 35.0 Å². The monoisotopic (exact) mass is 735 g/mol. The molecule has 0 radical (unpaired) electrons. The summed E-state index contributed by atoms with van der Waals surface area (Å²) >= 11 is 1.31. The fourth-order valence-electron chi connectivity index (χ4n) is 10.3. The van der Waals surface area contributed by atoms with Gasteiger partial charge in [-0.25, -0.2) is 4.98 Å². The van der Waals surface area contributed by atoms with Gasteiger partial charge in [0.1, 0.15) is 10.9 Å². The Balaban J connectivity index is 1.12. The molecule has 5 atom stereocenters. The van der Waals surface area contributed by atoms with E-state index in [4.69, 9.17) is 9.47 Å². The lowest BCUT2D eigenvalue weighted by atomic mass is 9.71. The number of thiazole rings is 1. The van der Waals surface area contributed by atoms with Gasteiger partial charge < -0.3 is 29.5 Å². The van der Waals surface area contributed by atoms with Crippen molar-refractivity contribution in [3.8, 4) is 0 Å². The van der Waals surface area contributed by atoms with Gasteiger partial charge in [0.05, 0.1) is 48.0 Å². The largest absolute Gasteiger partial charge is 0.391 e. The first kappa shape index (κ1) is 35.3. The van der Waals surface area contributed by atoms with Crippen LogP contribution in [-0.4, -0.2) is 120 Å². The number of rotatable bonds is 5. The fraction of sp³-hybridized carbons (Fsp3) is 0.806. The lowest BCUT2D eigenvalue weighted by Gasteiger charge is -2.50. The summed E-state index contributed by atoms with van der Waals surface area (Å²) in [6.45, 7) is 9.30. The number of aryl methyl sites for hydroxylation is 2. The molecule has 0 aromatic carbocycles. The van der Waals surface area contributed by atoms with Crippen molar-refractivity contribution in [2.24, 2.45) is 39.9 Å². The summed E-state index contributed by atoms with van der Waals surface area (Å²) in [5, 5.41) is 3.86. The van der Waals surface area contributed by atoms with E-state index in [1.165, 1.54) is 16.2 Å². The Morgan fingerprint density at radius 3 is 2.31 bits per heavy atom. The van der Waals surface area contributed by atoms with Crippen LogP contribution in [-0.2, 0) is 23.9 Å². The zero-order valence-corrected chi connectivity index (χ0v) is 30.5. The molecule has 2 aliphatic carbocycles. The van der Waals surface area contributed by atoms with Crippen LogP contribution in [0.15, 0.2) is 0 Å². The molecule has 9 fully saturated rings. The van der Waals surface area contributed by atoms with Gasteiger partial charge in [-0.3, -0.25) is 19.2 Å². The Labute approximate surface area is 299 Å². The van der Waals surface area contributed by atoms with Crippen molar-refractivity contribution in [2.45, 2.75) is 90.6 Å². The third-order valence-electron chi connectivity index (χ3n) is 13.6. The molecule has 1 N–H and O–H groups in total. The summed E-state index contributed by atoms with van der Waals surface area (Å²) in [6, 6.07) is -1.21. The first-order valence-electron chi connectivity index (χ1n) is 18.4. The number of nitrogens with one attached hydrogen (secondary N) is 1. The lowest BCUT2D eigenvalue weighted by molar-refractivity contribution is -0.187. The molecule has 4 amide bonds. The third kappa shape index (κ3) is 5.87. The van der Waals surface area contributed by atoms with Gasteiger partial charge in [-0.05, 0) is 57.8 Å². The van der Waals surface area contributed by atoms with E-state index in [2.05, 4.69) is 10.3 Å². The number of hydrogen-bond acceptors (Lipinski definition) is 8. The molecule has 1 spiro atoms. The van der Waals surface area contributed by atoms with Crippen LogP contribution in [0.25, 0.3) is 0 Å². The number of halogens is 3. The van der Waals surface area contributed by atoms with Crippen LogP contribution in [0, 0.1) is 53.8 Å². The molecule has 1 unspecified atom stereocenters. The molecule has 280 valence electrons. The highest BCUT2D eigenvalue weighted by Gasteiger charge is 2.71. The van der Waals surface area contributed by atoms with Gasteiger partial charge in [0, 0.05) is 61.9 Å². The predicted octanol–water partition coefficient (Wildman–Crippen LogP) is 3.58. The summed E-state index contributed by atoms with van der Waals surface area (Å²) in [6.07, 6.45) is -1.73. The predicted molar refractivity (Wildman–Crippen MR) is 178 cm³/mol. The van der Waals surface area contributed by atoms with E-state index >= 15 is 0 Å². The number of nitrogens with zero attached hydrogens (tertiary/aromatic N) is 4. The molecule has 15 heteroatoms. The lowest BCUT2D eigenvalue weighted by Crippen LogP contribution is -2.65. The van der Waals surface area contributed by atoms with Gasteiger partial charge in [0.2, 0.25) is 17.7 Å². The summed E-state index contributed by atoms with van der Waals surface area (Å²) < 4.78 is 53.7. The number of aromatic nitrogens is 1. The van der Waals surface area contributed by atoms with Gasteiger partial charge in [-0.2, -0.15) is 13.2 Å². The molecule has 8 heterocycles. The number of amides is 4. The number of hydrogen-bond donors (Lipinski definition) is 1. The van der Waals surface area contributed by atoms with Gasteiger partial charge in [0.15, 0.2) is 0 Å². The molecule has 51 heavy (non-hydrogen) atoms. The Morgan fingerprint density at radius 1 is 1.04 bits per heavy atom. The highest BCUT2D eigenvalue weighted by Crippen LogP contribution is 2.63. The SMILES string of the molecule is Cc1nc(C)c(C(=O)N2C[C@H]3C(=O)N[C@H](C(=O)N4CCC(C(F)(F)F)CC4)[C@H](OCC45CCC(CC4)OC5)C4[C@H](C(=O)N5CC3(C2)C5)C4(C)C)s1. The van der Waals surface area contributed by atoms with E-state index in [1.54, 1.807) is 16.7 Å². The molecule has 2 saturated carbocycles. The first-order chi connectivity index (χ1) is 24.0. The van der Waals surface area contributed by atoms with Gasteiger partial charge >= 0.3 is 6.18 Å². The van der Waals surface area contributed by atoms with Crippen molar-refractivity contribution in [1.82, 2.24) is 25.0 Å². The summed E-state index contributed by atoms with van der Waals surface area (Å²) in [7, 11) is 0. The first-order valence-corrected chi connectivity index (χ1v) is 19.2. The van der Waals surface area contributed by atoms with Crippen LogP contribution < -0.4 is 5.32 Å². The van der Waals surface area contributed by atoms with E-state index in [0.29, 0.717) is 36.9 Å². The maximum absolute atomic E-state index is 14.6. The Morgan fingerprint density at radius 2 is 1.73 bits per heavy atom. The van der Waals surface area contributed by atoms with Crippen molar-refractivity contribution in [2.75, 3.05) is 52.5 Å². The second-order valence-corrected chi connectivity index (χ2v) is 18.4. The zero-order valence-electron chi connectivity index (χ0n) is 29.7. The molecular formula is C36H48F3N5O6S. The standard InChI is InChI=1S/C36H48F3N5O6S/c1-19-28(51-20(2)40-19)32(48)43-13-23-29(45)41-26(31(47)42-11-7-21(8-12-42)36(37,38)39)27(50-18-34-9-5-22(6-10-34)49-17-34)24-25(33(24,3)4)30(46)44-15-35(23,14-43)16-44/h21-27H,5-18H2,1-4H3,(H,41,45)/t22?,23-,24?,25+,26-,27+,34?/m0/s1. The van der Waals surface area contributed by atoms with E-state index in [-0.39, 0.29) is 62.4 Å². The van der Waals surface area contributed by atoms with Crippen LogP contribution in [0.5, 0.6) is 0 Å². The summed E-state index contributed by atoms with van der Waals surface area (Å²) in [5.74, 6) is -4.18. The zero-order chi connectivity index (χ0) is 36.2. The molecule has 1 aromatic rings. The van der Waals surface area contributed by atoms with Crippen molar-refractivity contribution in [3.63, 3.8) is 0 Å². The minimum absolute atomic E-state index is 0.0483. The number of likely N-dealkylation sites (tertiary alicyclic amines) is 2. The van der Waals surface area contributed by atoms with Crippen LogP contribution >= 0.6 is 11.3 Å². The van der Waals surface area contributed by atoms with Crippen LogP contribution in [0.2, 0.25) is 0 Å². The Hall–Kier alpha value is -2.78. The highest BCUT2D eigenvalue weighted by molar-refractivity contribution is 7.13. The van der Waals surface area contributed by atoms with E-state index in [1.807, 2.05) is 20.8 Å². The smallest absolute Gasteiger partial charge is 0.378 e. The van der Waals surface area contributed by atoms with E-state index in [0.717, 1.165) is 30.7 Å². The van der Waals surface area contributed by atoms with Crippen LogP contribution in [0.1, 0.15) is 72.7 Å². The molecule has 11 nitrogen and oxygen atoms in total. The van der Waals surface area contributed by atoms with Gasteiger partial charge in [-0.1, -0.05) is 13.8 Å². The summed E-state index contributed by atoms with van der Waals surface area (Å²) in [4.78, 5) is 67.1. The number of ether oxygens (including phenoxy) is 2. The van der Waals surface area contributed by atoms with Crippen LogP contribution in [0.4, 0.5) is 13.2 Å². The number of piperidine rings is 1. The maximum atomic E-state index is 14.6. The highest BCUT2D eigenvalue weighted by atomic mass is 32.1. The molecule has 10 rings (SSSR count). The molecule has 4 bridgehead atoms. The molecule has 9 aliphatic rings. The third-order valence-corrected chi connectivity index (χ3v) is 14.6. The minimum atomic E-state index is -4.34. The van der Waals surface area contributed by atoms with E-state index < -0.39 is 64.6 Å². The maximum Gasteiger partial charge on any atom is 0.391 e. The average Bonchev–Trinajstić information content (AvgIpc) is 3.33. The fourth-order valence-corrected chi connectivity index (χ4v) is 11.2. The molecule has 1 aromatic heterocycles. The average molecular weight is 736 g/mol. The Kier molecular flexibility index (Phi) is 8.38. The molecule has 7 aliphatic heterocycles. The minimum Gasteiger partial charge on any atom is -0.378 e. The number of carbonyl (C=O) groups is 4. The molecular weight excluding hydrogens is 687 g/mol. The Bertz CT molecular complexity index is 1600. The van der Waals surface area contributed by atoms with Crippen molar-refractivity contribution in [3.05, 3.63) is 15.6 Å². The van der Waals surface area contributed by atoms with Gasteiger partial charge in [-0.15, -0.1) is 11.3 Å². The second-order valence-electron chi connectivity index (χ2n) is 17.2. The quantitative estimate of drug-likeness (QED) is 0.491. The van der Waals surface area contributed by atoms with Crippen molar-refractivity contribution in [1.29, 1.82) is 0 Å². The summed E-state index contributed by atoms with van der Waals surface area (Å²) in [5.41, 5.74) is -0.847. The number of alkyl halides is 3. The molecule has 7 saturated heterocycles. The normalized spacial score (nSPS) is 35.8.